The average molecular weight is 267 g/mol. The van der Waals surface area contributed by atoms with Crippen molar-refractivity contribution < 1.29 is 18.3 Å². The maximum atomic E-state index is 12.1. The average Bonchev–Trinajstić information content (AvgIpc) is 2.21. The van der Waals surface area contributed by atoms with Crippen molar-refractivity contribution in [3.8, 4) is 5.75 Å². The molecule has 0 aliphatic carbocycles. The number of benzene rings is 1. The molecule has 0 aliphatic heterocycles. The standard InChI is InChI=1S/C10H9ClF2O2S/c11-5-7(14)3-6-1-2-8(16)4-9(6)15-10(12)13/h1-2,4,10,16H,3,5H2. The van der Waals surface area contributed by atoms with Gasteiger partial charge in [0, 0.05) is 16.9 Å². The Labute approximate surface area is 102 Å². The van der Waals surface area contributed by atoms with Crippen LogP contribution in [0.25, 0.3) is 0 Å². The molecular weight excluding hydrogens is 258 g/mol. The minimum absolute atomic E-state index is 0.0282. The quantitative estimate of drug-likeness (QED) is 0.655. The van der Waals surface area contributed by atoms with Gasteiger partial charge in [-0.1, -0.05) is 6.07 Å². The number of ketones is 1. The minimum atomic E-state index is -2.93. The highest BCUT2D eigenvalue weighted by atomic mass is 35.5. The van der Waals surface area contributed by atoms with Crippen LogP contribution in [0.1, 0.15) is 5.56 Å². The summed E-state index contributed by atoms with van der Waals surface area (Å²) in [5.74, 6) is -0.454. The first-order valence-corrected chi connectivity index (χ1v) is 5.35. The Balaban J connectivity index is 2.93. The van der Waals surface area contributed by atoms with Crippen LogP contribution in [0.15, 0.2) is 23.1 Å². The van der Waals surface area contributed by atoms with E-state index < -0.39 is 6.61 Å². The van der Waals surface area contributed by atoms with Crippen molar-refractivity contribution in [2.24, 2.45) is 0 Å². The molecule has 16 heavy (non-hydrogen) atoms. The highest BCUT2D eigenvalue weighted by Gasteiger charge is 2.12. The molecule has 1 rings (SSSR count). The monoisotopic (exact) mass is 266 g/mol. The van der Waals surface area contributed by atoms with E-state index in [-0.39, 0.29) is 23.8 Å². The number of rotatable bonds is 5. The normalized spacial score (nSPS) is 10.6. The molecule has 0 aromatic heterocycles. The fourth-order valence-electron chi connectivity index (χ4n) is 1.15. The largest absolute Gasteiger partial charge is 0.434 e. The van der Waals surface area contributed by atoms with Gasteiger partial charge in [-0.15, -0.1) is 24.2 Å². The maximum absolute atomic E-state index is 12.1. The van der Waals surface area contributed by atoms with E-state index in [9.17, 15) is 13.6 Å². The van der Waals surface area contributed by atoms with E-state index in [0.717, 1.165) is 0 Å². The summed E-state index contributed by atoms with van der Waals surface area (Å²) in [6.07, 6.45) is -0.0282. The summed E-state index contributed by atoms with van der Waals surface area (Å²) in [6, 6.07) is 4.45. The lowest BCUT2D eigenvalue weighted by Gasteiger charge is -2.10. The summed E-state index contributed by atoms with van der Waals surface area (Å²) in [5, 5.41) is 0. The SMILES string of the molecule is O=C(CCl)Cc1ccc(S)cc1OC(F)F. The number of carbonyl (C=O) groups is 1. The van der Waals surface area contributed by atoms with Crippen LogP contribution in [-0.4, -0.2) is 18.3 Å². The molecule has 0 unspecified atom stereocenters. The number of alkyl halides is 3. The molecule has 0 fully saturated rings. The highest BCUT2D eigenvalue weighted by molar-refractivity contribution is 7.80. The fourth-order valence-corrected chi connectivity index (χ4v) is 1.44. The minimum Gasteiger partial charge on any atom is -0.434 e. The Kier molecular flexibility index (Phi) is 5.02. The number of thiol groups is 1. The first kappa shape index (κ1) is 13.3. The molecule has 1 aromatic rings. The predicted molar refractivity (Wildman–Crippen MR) is 59.8 cm³/mol. The van der Waals surface area contributed by atoms with Crippen LogP contribution in [-0.2, 0) is 11.2 Å². The van der Waals surface area contributed by atoms with Crippen molar-refractivity contribution in [2.45, 2.75) is 17.9 Å². The molecule has 6 heteroatoms. The van der Waals surface area contributed by atoms with Gasteiger partial charge in [-0.3, -0.25) is 4.79 Å². The lowest BCUT2D eigenvalue weighted by molar-refractivity contribution is -0.116. The van der Waals surface area contributed by atoms with Crippen molar-refractivity contribution in [3.63, 3.8) is 0 Å². The van der Waals surface area contributed by atoms with Gasteiger partial charge in [-0.25, -0.2) is 0 Å². The molecule has 0 saturated heterocycles. The van der Waals surface area contributed by atoms with Crippen molar-refractivity contribution in [1.82, 2.24) is 0 Å². The van der Waals surface area contributed by atoms with E-state index in [1.165, 1.54) is 12.1 Å². The van der Waals surface area contributed by atoms with Crippen molar-refractivity contribution >= 4 is 30.0 Å². The van der Waals surface area contributed by atoms with Crippen LogP contribution in [0.4, 0.5) is 8.78 Å². The molecule has 0 N–H and O–H groups in total. The number of ether oxygens (including phenoxy) is 1. The third kappa shape index (κ3) is 3.98. The second-order valence-electron chi connectivity index (χ2n) is 3.02. The van der Waals surface area contributed by atoms with Gasteiger partial charge in [0.2, 0.25) is 0 Å². The molecule has 0 bridgehead atoms. The zero-order valence-electron chi connectivity index (χ0n) is 8.12. The molecule has 0 aliphatic rings. The number of Topliss-reactive ketones (excluding diaryl/α,β-unsaturated/α-hetero) is 1. The van der Waals surface area contributed by atoms with Crippen LogP contribution in [0, 0.1) is 0 Å². The smallest absolute Gasteiger partial charge is 0.387 e. The molecule has 0 amide bonds. The zero-order valence-corrected chi connectivity index (χ0v) is 9.77. The van der Waals surface area contributed by atoms with E-state index in [2.05, 4.69) is 17.4 Å². The van der Waals surface area contributed by atoms with Gasteiger partial charge in [0.25, 0.3) is 0 Å². The van der Waals surface area contributed by atoms with Gasteiger partial charge in [0.15, 0.2) is 5.78 Å². The predicted octanol–water partition coefficient (Wildman–Crippen LogP) is 2.93. The second kappa shape index (κ2) is 6.06. The molecule has 0 atom stereocenters. The molecular formula is C10H9ClF2O2S. The summed E-state index contributed by atoms with van der Waals surface area (Å²) >= 11 is 9.34. The van der Waals surface area contributed by atoms with Crippen molar-refractivity contribution in [1.29, 1.82) is 0 Å². The van der Waals surface area contributed by atoms with Crippen LogP contribution in [0.5, 0.6) is 5.75 Å². The van der Waals surface area contributed by atoms with E-state index >= 15 is 0 Å². The van der Waals surface area contributed by atoms with Gasteiger partial charge in [-0.2, -0.15) is 8.78 Å². The second-order valence-corrected chi connectivity index (χ2v) is 3.80. The lowest BCUT2D eigenvalue weighted by atomic mass is 10.1. The van der Waals surface area contributed by atoms with Crippen LogP contribution < -0.4 is 4.74 Å². The maximum Gasteiger partial charge on any atom is 0.387 e. The third-order valence-electron chi connectivity index (χ3n) is 1.80. The van der Waals surface area contributed by atoms with Crippen LogP contribution in [0.2, 0.25) is 0 Å². The molecule has 0 saturated carbocycles. The Morgan fingerprint density at radius 2 is 2.19 bits per heavy atom. The first-order valence-electron chi connectivity index (χ1n) is 4.37. The Hall–Kier alpha value is -0.810. The van der Waals surface area contributed by atoms with Crippen LogP contribution in [0.3, 0.4) is 0 Å². The Bertz CT molecular complexity index is 385. The molecule has 2 nitrogen and oxygen atoms in total. The van der Waals surface area contributed by atoms with Crippen molar-refractivity contribution in [3.05, 3.63) is 23.8 Å². The number of hydrogen-bond acceptors (Lipinski definition) is 3. The fraction of sp³-hybridized carbons (Fsp3) is 0.300. The summed E-state index contributed by atoms with van der Waals surface area (Å²) in [6.45, 7) is -2.93. The van der Waals surface area contributed by atoms with Gasteiger partial charge in [0.05, 0.1) is 5.88 Å². The summed E-state index contributed by atoms with van der Waals surface area (Å²) in [7, 11) is 0. The molecule has 0 spiro atoms. The summed E-state index contributed by atoms with van der Waals surface area (Å²) in [5.41, 5.74) is 0.378. The van der Waals surface area contributed by atoms with Gasteiger partial charge < -0.3 is 4.74 Å². The summed E-state index contributed by atoms with van der Waals surface area (Å²) < 4.78 is 28.5. The molecule has 0 heterocycles. The van der Waals surface area contributed by atoms with Crippen molar-refractivity contribution in [2.75, 3.05) is 5.88 Å². The zero-order chi connectivity index (χ0) is 12.1. The summed E-state index contributed by atoms with van der Waals surface area (Å²) in [4.78, 5) is 11.6. The lowest BCUT2D eigenvalue weighted by Crippen LogP contribution is -2.09. The third-order valence-corrected chi connectivity index (χ3v) is 2.38. The Morgan fingerprint density at radius 3 is 2.75 bits per heavy atom. The Morgan fingerprint density at radius 1 is 1.50 bits per heavy atom. The van der Waals surface area contributed by atoms with E-state index in [1.807, 2.05) is 0 Å². The van der Waals surface area contributed by atoms with Crippen LogP contribution >= 0.6 is 24.2 Å². The van der Waals surface area contributed by atoms with Gasteiger partial charge in [-0.05, 0) is 12.1 Å². The van der Waals surface area contributed by atoms with Gasteiger partial charge in [0.1, 0.15) is 5.75 Å². The molecule has 88 valence electrons. The van der Waals surface area contributed by atoms with Gasteiger partial charge >= 0.3 is 6.61 Å². The number of halogens is 3. The molecule has 1 aromatic carbocycles. The van der Waals surface area contributed by atoms with E-state index in [1.54, 1.807) is 6.07 Å². The molecule has 0 radical (unpaired) electrons. The number of hydrogen-bond donors (Lipinski definition) is 1. The number of carbonyl (C=O) groups excluding carboxylic acids is 1. The van der Waals surface area contributed by atoms with E-state index in [0.29, 0.717) is 10.5 Å². The van der Waals surface area contributed by atoms with E-state index in [4.69, 9.17) is 11.6 Å². The topological polar surface area (TPSA) is 26.3 Å². The first-order chi connectivity index (χ1) is 7.52. The highest BCUT2D eigenvalue weighted by Crippen LogP contribution is 2.24.